The van der Waals surface area contributed by atoms with Crippen LogP contribution in [0.1, 0.15) is 12.5 Å². The van der Waals surface area contributed by atoms with Crippen molar-refractivity contribution in [2.75, 3.05) is 5.32 Å². The number of carbonyl (C=O) groups is 2. The van der Waals surface area contributed by atoms with Crippen LogP contribution in [-0.2, 0) is 9.59 Å². The number of benzene rings is 1. The van der Waals surface area contributed by atoms with Gasteiger partial charge >= 0.3 is 0 Å². The molecule has 0 aliphatic rings. The SMILES string of the molecule is CC(=O)Nc1ccc(/C=C/C=O)cc1. The first-order chi connectivity index (χ1) is 6.72. The van der Waals surface area contributed by atoms with Crippen LogP contribution in [0.5, 0.6) is 0 Å². The van der Waals surface area contributed by atoms with E-state index in [1.54, 1.807) is 18.2 Å². The Bertz CT molecular complexity index is 352. The van der Waals surface area contributed by atoms with E-state index in [4.69, 9.17) is 0 Å². The van der Waals surface area contributed by atoms with Crippen LogP contribution >= 0.6 is 0 Å². The molecule has 1 rings (SSSR count). The summed E-state index contributed by atoms with van der Waals surface area (Å²) in [4.78, 5) is 20.7. The molecule has 0 aliphatic carbocycles. The van der Waals surface area contributed by atoms with E-state index < -0.39 is 0 Å². The molecule has 14 heavy (non-hydrogen) atoms. The van der Waals surface area contributed by atoms with Gasteiger partial charge in [-0.1, -0.05) is 18.2 Å². The average Bonchev–Trinajstić information content (AvgIpc) is 2.16. The van der Waals surface area contributed by atoms with Crippen molar-refractivity contribution in [3.8, 4) is 0 Å². The minimum absolute atomic E-state index is 0.0961. The first kappa shape index (κ1) is 10.2. The summed E-state index contributed by atoms with van der Waals surface area (Å²) in [5.41, 5.74) is 1.67. The number of allylic oxidation sites excluding steroid dienone is 1. The molecule has 1 aromatic carbocycles. The van der Waals surface area contributed by atoms with Crippen molar-refractivity contribution in [3.63, 3.8) is 0 Å². The van der Waals surface area contributed by atoms with Gasteiger partial charge < -0.3 is 5.32 Å². The Labute approximate surface area is 82.4 Å². The molecule has 0 aliphatic heterocycles. The first-order valence-electron chi connectivity index (χ1n) is 4.22. The third-order valence-corrected chi connectivity index (χ3v) is 1.60. The number of amides is 1. The predicted molar refractivity (Wildman–Crippen MR) is 55.8 cm³/mol. The summed E-state index contributed by atoms with van der Waals surface area (Å²) in [7, 11) is 0. The number of aldehydes is 1. The molecule has 0 saturated carbocycles. The fourth-order valence-corrected chi connectivity index (χ4v) is 1.03. The van der Waals surface area contributed by atoms with Crippen LogP contribution in [0.3, 0.4) is 0 Å². The Morgan fingerprint density at radius 3 is 2.43 bits per heavy atom. The van der Waals surface area contributed by atoms with Gasteiger partial charge in [-0.15, -0.1) is 0 Å². The number of carbonyl (C=O) groups excluding carboxylic acids is 2. The van der Waals surface area contributed by atoms with E-state index in [0.717, 1.165) is 17.5 Å². The van der Waals surface area contributed by atoms with Gasteiger partial charge in [-0.25, -0.2) is 0 Å². The number of nitrogens with one attached hydrogen (secondary N) is 1. The zero-order valence-electron chi connectivity index (χ0n) is 7.86. The topological polar surface area (TPSA) is 46.2 Å². The van der Waals surface area contributed by atoms with Crippen LogP contribution in [-0.4, -0.2) is 12.2 Å². The van der Waals surface area contributed by atoms with Crippen molar-refractivity contribution in [1.29, 1.82) is 0 Å². The molecule has 0 atom stereocenters. The van der Waals surface area contributed by atoms with Crippen molar-refractivity contribution in [3.05, 3.63) is 35.9 Å². The standard InChI is InChI=1S/C11H11NO2/c1-9(14)12-11-6-4-10(5-7-11)3-2-8-13/h2-8H,1H3,(H,12,14)/b3-2+. The van der Waals surface area contributed by atoms with Gasteiger partial charge in [-0.2, -0.15) is 0 Å². The van der Waals surface area contributed by atoms with Crippen molar-refractivity contribution >= 4 is 24.0 Å². The van der Waals surface area contributed by atoms with Crippen LogP contribution < -0.4 is 5.32 Å². The highest BCUT2D eigenvalue weighted by atomic mass is 16.1. The molecule has 0 saturated heterocycles. The second-order valence-corrected chi connectivity index (χ2v) is 2.80. The van der Waals surface area contributed by atoms with Crippen LogP contribution in [0, 0.1) is 0 Å². The number of hydrogen-bond acceptors (Lipinski definition) is 2. The third kappa shape index (κ3) is 3.23. The van der Waals surface area contributed by atoms with Crippen LogP contribution in [0.25, 0.3) is 6.08 Å². The Morgan fingerprint density at radius 2 is 1.93 bits per heavy atom. The zero-order valence-corrected chi connectivity index (χ0v) is 7.86. The molecule has 3 nitrogen and oxygen atoms in total. The molecule has 1 N–H and O–H groups in total. The molecule has 1 aromatic rings. The monoisotopic (exact) mass is 189 g/mol. The fraction of sp³-hybridized carbons (Fsp3) is 0.0909. The molecule has 0 fully saturated rings. The fourth-order valence-electron chi connectivity index (χ4n) is 1.03. The van der Waals surface area contributed by atoms with Crippen molar-refractivity contribution in [2.45, 2.75) is 6.92 Å². The van der Waals surface area contributed by atoms with E-state index >= 15 is 0 Å². The van der Waals surface area contributed by atoms with E-state index in [9.17, 15) is 9.59 Å². The molecule has 0 radical (unpaired) electrons. The maximum absolute atomic E-state index is 10.7. The van der Waals surface area contributed by atoms with Gasteiger partial charge in [-0.05, 0) is 23.8 Å². The first-order valence-corrected chi connectivity index (χ1v) is 4.22. The second-order valence-electron chi connectivity index (χ2n) is 2.80. The summed E-state index contributed by atoms with van der Waals surface area (Å²) >= 11 is 0. The van der Waals surface area contributed by atoms with Gasteiger partial charge in [0.15, 0.2) is 0 Å². The lowest BCUT2D eigenvalue weighted by atomic mass is 10.2. The average molecular weight is 189 g/mol. The molecular weight excluding hydrogens is 178 g/mol. The van der Waals surface area contributed by atoms with E-state index in [1.165, 1.54) is 13.0 Å². The number of hydrogen-bond donors (Lipinski definition) is 1. The Kier molecular flexibility index (Phi) is 3.61. The maximum atomic E-state index is 10.7. The lowest BCUT2D eigenvalue weighted by Crippen LogP contribution is -2.05. The summed E-state index contributed by atoms with van der Waals surface area (Å²) in [6, 6.07) is 7.22. The minimum atomic E-state index is -0.0961. The molecule has 0 aromatic heterocycles. The zero-order chi connectivity index (χ0) is 10.4. The molecule has 3 heteroatoms. The van der Waals surface area contributed by atoms with Crippen molar-refractivity contribution in [1.82, 2.24) is 0 Å². The van der Waals surface area contributed by atoms with Gasteiger partial charge in [0.2, 0.25) is 5.91 Å². The van der Waals surface area contributed by atoms with Crippen LogP contribution in [0.4, 0.5) is 5.69 Å². The quantitative estimate of drug-likeness (QED) is 0.582. The lowest BCUT2D eigenvalue weighted by molar-refractivity contribution is -0.114. The summed E-state index contributed by atoms with van der Waals surface area (Å²) in [6.45, 7) is 1.46. The molecule has 0 bridgehead atoms. The Morgan fingerprint density at radius 1 is 1.29 bits per heavy atom. The molecule has 72 valence electrons. The molecule has 0 heterocycles. The van der Waals surface area contributed by atoms with Crippen molar-refractivity contribution < 1.29 is 9.59 Å². The van der Waals surface area contributed by atoms with E-state index in [-0.39, 0.29) is 5.91 Å². The largest absolute Gasteiger partial charge is 0.326 e. The summed E-state index contributed by atoms with van der Waals surface area (Å²) in [6.07, 6.45) is 3.85. The molecule has 0 unspecified atom stereocenters. The van der Waals surface area contributed by atoms with Gasteiger partial charge in [0.05, 0.1) is 0 Å². The minimum Gasteiger partial charge on any atom is -0.326 e. The highest BCUT2D eigenvalue weighted by molar-refractivity contribution is 5.88. The van der Waals surface area contributed by atoms with E-state index in [1.807, 2.05) is 12.1 Å². The normalized spacial score (nSPS) is 10.1. The number of anilines is 1. The Hall–Kier alpha value is -1.90. The van der Waals surface area contributed by atoms with Crippen LogP contribution in [0.15, 0.2) is 30.3 Å². The van der Waals surface area contributed by atoms with Gasteiger partial charge in [0.1, 0.15) is 6.29 Å². The Balaban J connectivity index is 2.73. The maximum Gasteiger partial charge on any atom is 0.221 e. The van der Waals surface area contributed by atoms with Gasteiger partial charge in [-0.3, -0.25) is 9.59 Å². The molecular formula is C11H11NO2. The third-order valence-electron chi connectivity index (χ3n) is 1.60. The summed E-state index contributed by atoms with van der Waals surface area (Å²) in [5.74, 6) is -0.0961. The highest BCUT2D eigenvalue weighted by Crippen LogP contribution is 2.10. The second kappa shape index (κ2) is 4.97. The van der Waals surface area contributed by atoms with Gasteiger partial charge in [0, 0.05) is 12.6 Å². The summed E-state index contributed by atoms with van der Waals surface area (Å²) in [5, 5.41) is 2.66. The smallest absolute Gasteiger partial charge is 0.221 e. The highest BCUT2D eigenvalue weighted by Gasteiger charge is 1.93. The van der Waals surface area contributed by atoms with Gasteiger partial charge in [0.25, 0.3) is 0 Å². The summed E-state index contributed by atoms with van der Waals surface area (Å²) < 4.78 is 0. The molecule has 1 amide bonds. The van der Waals surface area contributed by atoms with E-state index in [2.05, 4.69) is 5.32 Å². The molecule has 0 spiro atoms. The van der Waals surface area contributed by atoms with Crippen molar-refractivity contribution in [2.24, 2.45) is 0 Å². The van der Waals surface area contributed by atoms with Crippen LogP contribution in [0.2, 0.25) is 0 Å². The lowest BCUT2D eigenvalue weighted by Gasteiger charge is -2.01. The number of rotatable bonds is 3. The predicted octanol–water partition coefficient (Wildman–Crippen LogP) is 1.86. The van der Waals surface area contributed by atoms with E-state index in [0.29, 0.717) is 0 Å².